The molecule has 0 bridgehead atoms. The van der Waals surface area contributed by atoms with Gasteiger partial charge in [0.2, 0.25) is 0 Å². The SMILES string of the molecule is CC[C@@H](C)Oc1c(I)cc(/C=C2/SC(=O)N(Cc3ccc(Cl)cc3)C2=O)cc1OC. The topological polar surface area (TPSA) is 55.8 Å². The molecule has 2 aromatic carbocycles. The molecule has 0 unspecified atom stereocenters. The molecule has 2 amide bonds. The molecule has 1 aliphatic rings. The highest BCUT2D eigenvalue weighted by molar-refractivity contribution is 14.1. The summed E-state index contributed by atoms with van der Waals surface area (Å²) in [5.74, 6) is 0.961. The Balaban J connectivity index is 1.84. The number of rotatable bonds is 7. The first-order valence-corrected chi connectivity index (χ1v) is 11.6. The van der Waals surface area contributed by atoms with Gasteiger partial charge in [0.1, 0.15) is 0 Å². The normalized spacial score (nSPS) is 16.3. The summed E-state index contributed by atoms with van der Waals surface area (Å²) in [6, 6.07) is 10.8. The van der Waals surface area contributed by atoms with Gasteiger partial charge in [-0.15, -0.1) is 0 Å². The van der Waals surface area contributed by atoms with Crippen LogP contribution < -0.4 is 9.47 Å². The zero-order valence-electron chi connectivity index (χ0n) is 16.8. The van der Waals surface area contributed by atoms with Gasteiger partial charge >= 0.3 is 0 Å². The molecule has 1 aliphatic heterocycles. The summed E-state index contributed by atoms with van der Waals surface area (Å²) < 4.78 is 12.3. The van der Waals surface area contributed by atoms with Gasteiger partial charge in [0.25, 0.3) is 11.1 Å². The molecule has 1 atom stereocenters. The summed E-state index contributed by atoms with van der Waals surface area (Å²) >= 11 is 9.03. The van der Waals surface area contributed by atoms with E-state index in [1.54, 1.807) is 37.5 Å². The molecule has 1 saturated heterocycles. The van der Waals surface area contributed by atoms with E-state index in [2.05, 4.69) is 29.5 Å². The standard InChI is InChI=1S/C22H21ClINO4S/c1-4-13(2)29-20-17(24)9-15(10-18(20)28-3)11-19-21(26)25(22(27)30-19)12-14-5-7-16(23)8-6-14/h5-11,13H,4,12H2,1-3H3/b19-11+/t13-/m1/s1. The number of hydrogen-bond acceptors (Lipinski definition) is 5. The Bertz CT molecular complexity index is 993. The zero-order chi connectivity index (χ0) is 21.8. The number of ether oxygens (including phenoxy) is 2. The molecule has 8 heteroatoms. The fourth-order valence-electron chi connectivity index (χ4n) is 2.78. The highest BCUT2D eigenvalue weighted by Gasteiger charge is 2.35. The minimum atomic E-state index is -0.311. The second-order valence-corrected chi connectivity index (χ2v) is 9.36. The predicted molar refractivity (Wildman–Crippen MR) is 129 cm³/mol. The number of imide groups is 1. The second kappa shape index (κ2) is 10.1. The molecule has 1 heterocycles. The molecule has 158 valence electrons. The first kappa shape index (κ1) is 23.0. The molecule has 0 N–H and O–H groups in total. The van der Waals surface area contributed by atoms with Crippen molar-refractivity contribution in [2.45, 2.75) is 32.9 Å². The molecule has 0 spiro atoms. The molecular formula is C22H21ClINO4S. The maximum absolute atomic E-state index is 12.8. The zero-order valence-corrected chi connectivity index (χ0v) is 20.5. The van der Waals surface area contributed by atoms with Crippen LogP contribution in [0.5, 0.6) is 11.5 Å². The Labute approximate surface area is 198 Å². The van der Waals surface area contributed by atoms with Crippen LogP contribution in [0.15, 0.2) is 41.3 Å². The lowest BCUT2D eigenvalue weighted by Gasteiger charge is -2.17. The first-order chi connectivity index (χ1) is 14.3. The van der Waals surface area contributed by atoms with E-state index >= 15 is 0 Å². The summed E-state index contributed by atoms with van der Waals surface area (Å²) in [7, 11) is 1.58. The lowest BCUT2D eigenvalue weighted by molar-refractivity contribution is -0.123. The van der Waals surface area contributed by atoms with Crippen molar-refractivity contribution >= 4 is 63.2 Å². The summed E-state index contributed by atoms with van der Waals surface area (Å²) in [5.41, 5.74) is 1.61. The average molecular weight is 558 g/mol. The van der Waals surface area contributed by atoms with Gasteiger partial charge in [0, 0.05) is 5.02 Å². The van der Waals surface area contributed by atoms with Crippen molar-refractivity contribution in [3.05, 3.63) is 61.0 Å². The van der Waals surface area contributed by atoms with E-state index in [9.17, 15) is 9.59 Å². The fourth-order valence-corrected chi connectivity index (χ4v) is 4.50. The van der Waals surface area contributed by atoms with Crippen molar-refractivity contribution in [2.24, 2.45) is 0 Å². The minimum Gasteiger partial charge on any atom is -0.493 e. The Hall–Kier alpha value is -1.71. The number of thioether (sulfide) groups is 1. The number of carbonyl (C=O) groups is 2. The van der Waals surface area contributed by atoms with Crippen LogP contribution in [0, 0.1) is 3.57 Å². The third kappa shape index (κ3) is 5.31. The molecule has 5 nitrogen and oxygen atoms in total. The van der Waals surface area contributed by atoms with Crippen LogP contribution in [-0.2, 0) is 11.3 Å². The number of hydrogen-bond donors (Lipinski definition) is 0. The van der Waals surface area contributed by atoms with Gasteiger partial charge in [0.15, 0.2) is 11.5 Å². The Kier molecular flexibility index (Phi) is 7.70. The van der Waals surface area contributed by atoms with E-state index in [1.165, 1.54) is 4.90 Å². The number of carbonyl (C=O) groups excluding carboxylic acids is 2. The van der Waals surface area contributed by atoms with Crippen molar-refractivity contribution < 1.29 is 19.1 Å². The first-order valence-electron chi connectivity index (χ1n) is 9.36. The van der Waals surface area contributed by atoms with Crippen molar-refractivity contribution in [3.63, 3.8) is 0 Å². The summed E-state index contributed by atoms with van der Waals surface area (Å²) in [5, 5.41) is 0.316. The van der Waals surface area contributed by atoms with E-state index in [1.807, 2.05) is 19.1 Å². The maximum atomic E-state index is 12.8. The monoisotopic (exact) mass is 557 g/mol. The van der Waals surface area contributed by atoms with Crippen molar-refractivity contribution in [1.82, 2.24) is 4.90 Å². The molecule has 0 aromatic heterocycles. The molecule has 0 radical (unpaired) electrons. The number of halogens is 2. The summed E-state index contributed by atoms with van der Waals surface area (Å²) in [6.07, 6.45) is 2.65. The molecule has 0 saturated carbocycles. The van der Waals surface area contributed by atoms with Gasteiger partial charge in [-0.25, -0.2) is 0 Å². The molecule has 3 rings (SSSR count). The van der Waals surface area contributed by atoms with Crippen LogP contribution in [0.2, 0.25) is 5.02 Å². The highest BCUT2D eigenvalue weighted by atomic mass is 127. The Morgan fingerprint density at radius 2 is 1.93 bits per heavy atom. The second-order valence-electron chi connectivity index (χ2n) is 6.77. The number of amides is 2. The number of benzene rings is 2. The van der Waals surface area contributed by atoms with Crippen molar-refractivity contribution in [1.29, 1.82) is 0 Å². The summed E-state index contributed by atoms with van der Waals surface area (Å²) in [6.45, 7) is 4.26. The Morgan fingerprint density at radius 1 is 1.23 bits per heavy atom. The van der Waals surface area contributed by atoms with Gasteiger partial charge in [-0.3, -0.25) is 14.5 Å². The van der Waals surface area contributed by atoms with E-state index in [-0.39, 0.29) is 23.8 Å². The average Bonchev–Trinajstić information content (AvgIpc) is 2.98. The highest BCUT2D eigenvalue weighted by Crippen LogP contribution is 2.38. The molecule has 30 heavy (non-hydrogen) atoms. The number of nitrogens with zero attached hydrogens (tertiary/aromatic N) is 1. The fraction of sp³-hybridized carbons (Fsp3) is 0.273. The van der Waals surface area contributed by atoms with Crippen molar-refractivity contribution in [3.8, 4) is 11.5 Å². The smallest absolute Gasteiger partial charge is 0.293 e. The van der Waals surface area contributed by atoms with Crippen LogP contribution >= 0.6 is 46.0 Å². The third-order valence-corrected chi connectivity index (χ3v) is 6.53. The van der Waals surface area contributed by atoms with Gasteiger partial charge in [-0.05, 0) is 89.2 Å². The molecular weight excluding hydrogens is 537 g/mol. The van der Waals surface area contributed by atoms with E-state index in [0.717, 1.165) is 32.9 Å². The minimum absolute atomic E-state index is 0.0580. The van der Waals surface area contributed by atoms with Gasteiger partial charge < -0.3 is 9.47 Å². The molecule has 0 aliphatic carbocycles. The van der Waals surface area contributed by atoms with E-state index in [4.69, 9.17) is 21.1 Å². The predicted octanol–water partition coefficient (Wildman–Crippen LogP) is 6.37. The largest absolute Gasteiger partial charge is 0.493 e. The van der Waals surface area contributed by atoms with Crippen LogP contribution in [0.1, 0.15) is 31.4 Å². The lowest BCUT2D eigenvalue weighted by atomic mass is 10.1. The van der Waals surface area contributed by atoms with Gasteiger partial charge in [-0.2, -0.15) is 0 Å². The van der Waals surface area contributed by atoms with E-state index < -0.39 is 0 Å². The summed E-state index contributed by atoms with van der Waals surface area (Å²) in [4.78, 5) is 26.8. The number of methoxy groups -OCH3 is 1. The van der Waals surface area contributed by atoms with Crippen LogP contribution in [0.4, 0.5) is 4.79 Å². The Morgan fingerprint density at radius 3 is 2.57 bits per heavy atom. The lowest BCUT2D eigenvalue weighted by Crippen LogP contribution is -2.27. The molecule has 2 aromatic rings. The third-order valence-electron chi connectivity index (χ3n) is 4.57. The quantitative estimate of drug-likeness (QED) is 0.293. The van der Waals surface area contributed by atoms with Crippen LogP contribution in [0.25, 0.3) is 6.08 Å². The van der Waals surface area contributed by atoms with Gasteiger partial charge in [-0.1, -0.05) is 30.7 Å². The van der Waals surface area contributed by atoms with Crippen molar-refractivity contribution in [2.75, 3.05) is 7.11 Å². The maximum Gasteiger partial charge on any atom is 0.293 e. The van der Waals surface area contributed by atoms with E-state index in [0.29, 0.717) is 21.4 Å². The van der Waals surface area contributed by atoms with Crippen LogP contribution in [-0.4, -0.2) is 29.3 Å². The molecule has 1 fully saturated rings. The van der Waals surface area contributed by atoms with Crippen LogP contribution in [0.3, 0.4) is 0 Å². The van der Waals surface area contributed by atoms with Gasteiger partial charge in [0.05, 0.1) is 28.2 Å².